The lowest BCUT2D eigenvalue weighted by molar-refractivity contribution is 0.269. The van der Waals surface area contributed by atoms with E-state index in [1.165, 1.54) is 5.56 Å². The van der Waals surface area contributed by atoms with Crippen LogP contribution in [0.2, 0.25) is 10.0 Å². The topological polar surface area (TPSA) is 39.7 Å². The van der Waals surface area contributed by atoms with Gasteiger partial charge in [-0.1, -0.05) is 47.5 Å². The first-order valence-corrected chi connectivity index (χ1v) is 10.5. The molecule has 0 aliphatic rings. The van der Waals surface area contributed by atoms with E-state index in [9.17, 15) is 0 Å². The highest BCUT2D eigenvalue weighted by Gasteiger charge is 2.14. The van der Waals surface area contributed by atoms with Crippen molar-refractivity contribution in [3.63, 3.8) is 0 Å². The summed E-state index contributed by atoms with van der Waals surface area (Å²) in [5.41, 5.74) is 4.14. The lowest BCUT2D eigenvalue weighted by Gasteiger charge is -2.16. The van der Waals surface area contributed by atoms with E-state index < -0.39 is 0 Å². The van der Waals surface area contributed by atoms with E-state index in [2.05, 4.69) is 18.3 Å². The van der Waals surface area contributed by atoms with E-state index in [1.54, 1.807) is 7.11 Å². The number of anilines is 1. The molecule has 0 atom stereocenters. The normalized spacial score (nSPS) is 10.6. The van der Waals surface area contributed by atoms with Crippen LogP contribution in [0.15, 0.2) is 54.6 Å². The molecule has 6 heteroatoms. The summed E-state index contributed by atoms with van der Waals surface area (Å²) in [5.74, 6) is 1.82. The Hall–Kier alpha value is -2.56. The van der Waals surface area contributed by atoms with Crippen molar-refractivity contribution in [1.29, 1.82) is 0 Å². The van der Waals surface area contributed by atoms with Crippen LogP contribution in [0.25, 0.3) is 0 Å². The van der Waals surface area contributed by atoms with E-state index in [0.29, 0.717) is 47.1 Å². The van der Waals surface area contributed by atoms with Crippen LogP contribution in [-0.2, 0) is 13.2 Å². The maximum Gasteiger partial charge on any atom is 0.180 e. The summed E-state index contributed by atoms with van der Waals surface area (Å²) >= 11 is 12.7. The number of halogens is 2. The number of nitrogens with one attached hydrogen (secondary N) is 1. The van der Waals surface area contributed by atoms with Gasteiger partial charge in [-0.05, 0) is 60.9 Å². The summed E-state index contributed by atoms with van der Waals surface area (Å²) in [6.45, 7) is 5.49. The second-order valence-corrected chi connectivity index (χ2v) is 7.57. The monoisotopic (exact) mass is 445 g/mol. The fraction of sp³-hybridized carbons (Fsp3) is 0.250. The van der Waals surface area contributed by atoms with Gasteiger partial charge in [0, 0.05) is 12.2 Å². The maximum absolute atomic E-state index is 6.55. The summed E-state index contributed by atoms with van der Waals surface area (Å²) in [7, 11) is 1.59. The molecule has 3 aromatic carbocycles. The molecule has 0 saturated carbocycles. The minimum absolute atomic E-state index is 0.425. The van der Waals surface area contributed by atoms with E-state index in [-0.39, 0.29) is 0 Å². The molecule has 0 aliphatic heterocycles. The zero-order valence-electron chi connectivity index (χ0n) is 17.3. The number of hydrogen-bond acceptors (Lipinski definition) is 4. The number of aryl methyl sites for hydroxylation is 1. The van der Waals surface area contributed by atoms with Crippen molar-refractivity contribution in [2.75, 3.05) is 19.0 Å². The van der Waals surface area contributed by atoms with Crippen molar-refractivity contribution in [3.05, 3.63) is 81.3 Å². The Kier molecular flexibility index (Phi) is 7.72. The second kappa shape index (κ2) is 10.5. The molecule has 158 valence electrons. The van der Waals surface area contributed by atoms with Gasteiger partial charge in [0.25, 0.3) is 0 Å². The number of ether oxygens (including phenoxy) is 3. The summed E-state index contributed by atoms with van der Waals surface area (Å²) in [5, 5.41) is 4.40. The van der Waals surface area contributed by atoms with Crippen LogP contribution >= 0.6 is 23.2 Å². The Labute approximate surface area is 187 Å². The SMILES string of the molecule is CCOc1cc(CNc2ccc(OC)c(Cl)c2)cc(Cl)c1OCc1ccccc1C. The Morgan fingerprint density at radius 2 is 1.70 bits per heavy atom. The Morgan fingerprint density at radius 3 is 2.40 bits per heavy atom. The first-order valence-electron chi connectivity index (χ1n) is 9.71. The number of benzene rings is 3. The molecular weight excluding hydrogens is 421 g/mol. The summed E-state index contributed by atoms with van der Waals surface area (Å²) in [4.78, 5) is 0. The van der Waals surface area contributed by atoms with Crippen molar-refractivity contribution >= 4 is 28.9 Å². The second-order valence-electron chi connectivity index (χ2n) is 6.76. The molecule has 0 aliphatic carbocycles. The third kappa shape index (κ3) is 5.53. The average Bonchev–Trinajstić information content (AvgIpc) is 2.73. The van der Waals surface area contributed by atoms with Crippen LogP contribution in [0.5, 0.6) is 17.2 Å². The minimum atomic E-state index is 0.425. The van der Waals surface area contributed by atoms with Crippen molar-refractivity contribution in [2.24, 2.45) is 0 Å². The smallest absolute Gasteiger partial charge is 0.180 e. The van der Waals surface area contributed by atoms with Crippen molar-refractivity contribution in [1.82, 2.24) is 0 Å². The molecule has 0 bridgehead atoms. The fourth-order valence-electron chi connectivity index (χ4n) is 3.03. The van der Waals surface area contributed by atoms with E-state index >= 15 is 0 Å². The molecule has 0 radical (unpaired) electrons. The Balaban J connectivity index is 1.75. The molecule has 30 heavy (non-hydrogen) atoms. The molecule has 0 saturated heterocycles. The van der Waals surface area contributed by atoms with Crippen LogP contribution in [-0.4, -0.2) is 13.7 Å². The Morgan fingerprint density at radius 1 is 0.900 bits per heavy atom. The van der Waals surface area contributed by atoms with Crippen LogP contribution in [0.3, 0.4) is 0 Å². The molecule has 4 nitrogen and oxygen atoms in total. The minimum Gasteiger partial charge on any atom is -0.495 e. The van der Waals surface area contributed by atoms with E-state index in [1.807, 2.05) is 55.5 Å². The van der Waals surface area contributed by atoms with Gasteiger partial charge in [0.05, 0.1) is 23.8 Å². The van der Waals surface area contributed by atoms with Gasteiger partial charge in [-0.2, -0.15) is 0 Å². The van der Waals surface area contributed by atoms with Gasteiger partial charge in [0.15, 0.2) is 11.5 Å². The van der Waals surface area contributed by atoms with Crippen molar-refractivity contribution in [2.45, 2.75) is 27.0 Å². The van der Waals surface area contributed by atoms with Gasteiger partial charge in [0.2, 0.25) is 0 Å². The molecule has 0 fully saturated rings. The van der Waals surface area contributed by atoms with Gasteiger partial charge >= 0.3 is 0 Å². The van der Waals surface area contributed by atoms with Crippen LogP contribution < -0.4 is 19.5 Å². The molecule has 0 aromatic heterocycles. The average molecular weight is 446 g/mol. The highest BCUT2D eigenvalue weighted by atomic mass is 35.5. The largest absolute Gasteiger partial charge is 0.495 e. The summed E-state index contributed by atoms with van der Waals surface area (Å²) < 4.78 is 17.0. The number of rotatable bonds is 9. The highest BCUT2D eigenvalue weighted by molar-refractivity contribution is 6.32. The lowest BCUT2D eigenvalue weighted by atomic mass is 10.1. The first kappa shape index (κ1) is 22.1. The quantitative estimate of drug-likeness (QED) is 0.388. The maximum atomic E-state index is 6.55. The summed E-state index contributed by atoms with van der Waals surface area (Å²) in [6, 6.07) is 17.5. The van der Waals surface area contributed by atoms with Gasteiger partial charge < -0.3 is 19.5 Å². The molecule has 0 unspecified atom stereocenters. The zero-order valence-corrected chi connectivity index (χ0v) is 18.8. The van der Waals surface area contributed by atoms with Crippen molar-refractivity contribution < 1.29 is 14.2 Å². The standard InChI is InChI=1S/C24H25Cl2NO3/c1-4-29-23-12-17(14-27-19-9-10-22(28-3)20(25)13-19)11-21(26)24(23)30-15-18-8-6-5-7-16(18)2/h5-13,27H,4,14-15H2,1-3H3. The number of methoxy groups -OCH3 is 1. The van der Waals surface area contributed by atoms with E-state index in [0.717, 1.165) is 16.8 Å². The molecule has 3 rings (SSSR count). The predicted molar refractivity (Wildman–Crippen MR) is 123 cm³/mol. The van der Waals surface area contributed by atoms with Crippen LogP contribution in [0, 0.1) is 6.92 Å². The fourth-order valence-corrected chi connectivity index (χ4v) is 3.57. The van der Waals surface area contributed by atoms with E-state index in [4.69, 9.17) is 37.4 Å². The molecule has 0 spiro atoms. The first-order chi connectivity index (χ1) is 14.5. The molecule has 0 heterocycles. The van der Waals surface area contributed by atoms with Crippen LogP contribution in [0.4, 0.5) is 5.69 Å². The summed E-state index contributed by atoms with van der Waals surface area (Å²) in [6.07, 6.45) is 0. The van der Waals surface area contributed by atoms with Crippen molar-refractivity contribution in [3.8, 4) is 17.2 Å². The molecular formula is C24H25Cl2NO3. The molecule has 0 amide bonds. The predicted octanol–water partition coefficient (Wildman–Crippen LogP) is 6.90. The third-order valence-corrected chi connectivity index (χ3v) is 5.23. The lowest BCUT2D eigenvalue weighted by Crippen LogP contribution is -2.04. The number of hydrogen-bond donors (Lipinski definition) is 1. The van der Waals surface area contributed by atoms with Gasteiger partial charge in [-0.3, -0.25) is 0 Å². The molecule has 1 N–H and O–H groups in total. The zero-order chi connectivity index (χ0) is 21.5. The van der Waals surface area contributed by atoms with Gasteiger partial charge in [0.1, 0.15) is 12.4 Å². The van der Waals surface area contributed by atoms with Gasteiger partial charge in [-0.15, -0.1) is 0 Å². The highest BCUT2D eigenvalue weighted by Crippen LogP contribution is 2.38. The third-order valence-electron chi connectivity index (χ3n) is 4.65. The Bertz CT molecular complexity index is 1010. The van der Waals surface area contributed by atoms with Gasteiger partial charge in [-0.25, -0.2) is 0 Å². The molecule has 3 aromatic rings. The van der Waals surface area contributed by atoms with Crippen LogP contribution in [0.1, 0.15) is 23.6 Å².